The molecule has 0 aliphatic carbocycles. The smallest absolute Gasteiger partial charge is 0.264 e. The Morgan fingerprint density at radius 1 is 1.14 bits per heavy atom. The van der Waals surface area contributed by atoms with Gasteiger partial charge >= 0.3 is 0 Å². The number of fused-ring (bicyclic) bond motifs is 1. The van der Waals surface area contributed by atoms with Crippen LogP contribution in [-0.2, 0) is 4.79 Å². The first kappa shape index (κ1) is 15.2. The molecule has 7 heteroatoms. The standard InChI is InChI=1S/C15H19N3O3S/c1-10(19)12-3-4-13(22-12)15(21)18-8-7-17-6-5-16(2)14(20)11(17)9-18/h3-4,11H,5-9H2,1-2H3/t11-/m0/s1. The van der Waals surface area contributed by atoms with Gasteiger partial charge in [-0.15, -0.1) is 11.3 Å². The zero-order valence-electron chi connectivity index (χ0n) is 12.7. The highest BCUT2D eigenvalue weighted by Crippen LogP contribution is 2.22. The molecule has 1 atom stereocenters. The molecule has 0 saturated carbocycles. The minimum absolute atomic E-state index is 0.0297. The number of thiophene rings is 1. The van der Waals surface area contributed by atoms with Crippen LogP contribution in [0.1, 0.15) is 26.3 Å². The van der Waals surface area contributed by atoms with Crippen molar-refractivity contribution in [1.82, 2.24) is 14.7 Å². The first-order chi connectivity index (χ1) is 10.5. The zero-order chi connectivity index (χ0) is 15.9. The van der Waals surface area contributed by atoms with Gasteiger partial charge in [0.1, 0.15) is 6.04 Å². The van der Waals surface area contributed by atoms with Gasteiger partial charge in [0.2, 0.25) is 5.91 Å². The number of ketones is 1. The molecular formula is C15H19N3O3S. The van der Waals surface area contributed by atoms with Crippen molar-refractivity contribution < 1.29 is 14.4 Å². The van der Waals surface area contributed by atoms with Crippen LogP contribution in [0.25, 0.3) is 0 Å². The largest absolute Gasteiger partial charge is 0.343 e. The normalized spacial score (nSPS) is 22.6. The summed E-state index contributed by atoms with van der Waals surface area (Å²) < 4.78 is 0. The van der Waals surface area contributed by atoms with Gasteiger partial charge in [0.25, 0.3) is 5.91 Å². The van der Waals surface area contributed by atoms with Crippen molar-refractivity contribution in [2.75, 3.05) is 39.8 Å². The number of hydrogen-bond acceptors (Lipinski definition) is 5. The van der Waals surface area contributed by atoms with E-state index in [9.17, 15) is 14.4 Å². The predicted octanol–water partition coefficient (Wildman–Crippen LogP) is 0.549. The van der Waals surface area contributed by atoms with Crippen molar-refractivity contribution in [3.05, 3.63) is 21.9 Å². The summed E-state index contributed by atoms with van der Waals surface area (Å²) in [5.74, 6) is -0.0320. The molecule has 118 valence electrons. The number of Topliss-reactive ketones (excluding diaryl/α,β-unsaturated/α-hetero) is 1. The topological polar surface area (TPSA) is 60.9 Å². The van der Waals surface area contributed by atoms with Crippen molar-refractivity contribution in [3.63, 3.8) is 0 Å². The van der Waals surface area contributed by atoms with E-state index >= 15 is 0 Å². The van der Waals surface area contributed by atoms with Gasteiger partial charge in [-0.2, -0.15) is 0 Å². The van der Waals surface area contributed by atoms with Gasteiger partial charge in [-0.3, -0.25) is 19.3 Å². The molecule has 3 heterocycles. The van der Waals surface area contributed by atoms with E-state index in [0.717, 1.165) is 19.6 Å². The summed E-state index contributed by atoms with van der Waals surface area (Å²) in [6.45, 7) is 4.88. The van der Waals surface area contributed by atoms with Crippen LogP contribution in [0.2, 0.25) is 0 Å². The Bertz CT molecular complexity index is 627. The van der Waals surface area contributed by atoms with Crippen molar-refractivity contribution in [2.24, 2.45) is 0 Å². The minimum Gasteiger partial charge on any atom is -0.343 e. The number of hydrogen-bond donors (Lipinski definition) is 0. The van der Waals surface area contributed by atoms with Crippen molar-refractivity contribution in [3.8, 4) is 0 Å². The maximum Gasteiger partial charge on any atom is 0.264 e. The average Bonchev–Trinajstić information content (AvgIpc) is 3.00. The van der Waals surface area contributed by atoms with Crippen LogP contribution >= 0.6 is 11.3 Å². The number of carbonyl (C=O) groups excluding carboxylic acids is 3. The molecule has 6 nitrogen and oxygen atoms in total. The second-order valence-electron chi connectivity index (χ2n) is 5.78. The Morgan fingerprint density at radius 3 is 2.50 bits per heavy atom. The molecule has 0 aromatic carbocycles. The molecule has 2 amide bonds. The van der Waals surface area contributed by atoms with Crippen LogP contribution < -0.4 is 0 Å². The lowest BCUT2D eigenvalue weighted by molar-refractivity contribution is -0.142. The number of piperazine rings is 2. The van der Waals surface area contributed by atoms with Crippen molar-refractivity contribution in [1.29, 1.82) is 0 Å². The maximum absolute atomic E-state index is 12.6. The average molecular weight is 321 g/mol. The molecule has 1 aromatic rings. The molecule has 2 fully saturated rings. The first-order valence-corrected chi connectivity index (χ1v) is 8.18. The fraction of sp³-hybridized carbons (Fsp3) is 0.533. The lowest BCUT2D eigenvalue weighted by atomic mass is 10.1. The molecule has 0 N–H and O–H groups in total. The van der Waals surface area contributed by atoms with Crippen LogP contribution in [0.5, 0.6) is 0 Å². The molecule has 3 rings (SSSR count). The Kier molecular flexibility index (Phi) is 4.01. The van der Waals surface area contributed by atoms with Gasteiger partial charge in [0.05, 0.1) is 9.75 Å². The van der Waals surface area contributed by atoms with Gasteiger partial charge in [-0.05, 0) is 19.1 Å². The predicted molar refractivity (Wildman–Crippen MR) is 83.2 cm³/mol. The molecule has 0 spiro atoms. The summed E-state index contributed by atoms with van der Waals surface area (Å²) in [4.78, 5) is 43.0. The lowest BCUT2D eigenvalue weighted by Gasteiger charge is -2.45. The fourth-order valence-corrected chi connectivity index (χ4v) is 3.82. The number of likely N-dealkylation sites (N-methyl/N-ethyl adjacent to an activating group) is 1. The van der Waals surface area contributed by atoms with Gasteiger partial charge in [0.15, 0.2) is 5.78 Å². The van der Waals surface area contributed by atoms with Gasteiger partial charge < -0.3 is 9.80 Å². The molecule has 22 heavy (non-hydrogen) atoms. The minimum atomic E-state index is -0.233. The lowest BCUT2D eigenvalue weighted by Crippen LogP contribution is -2.64. The molecule has 2 saturated heterocycles. The summed E-state index contributed by atoms with van der Waals surface area (Å²) in [7, 11) is 1.80. The third kappa shape index (κ3) is 2.66. The monoisotopic (exact) mass is 321 g/mol. The van der Waals surface area contributed by atoms with Gasteiger partial charge in [-0.1, -0.05) is 0 Å². The molecule has 2 aliphatic heterocycles. The third-order valence-electron chi connectivity index (χ3n) is 4.33. The second-order valence-corrected chi connectivity index (χ2v) is 6.87. The number of rotatable bonds is 2. The molecule has 0 bridgehead atoms. The number of nitrogens with zero attached hydrogens (tertiary/aromatic N) is 3. The van der Waals surface area contributed by atoms with Crippen molar-refractivity contribution >= 4 is 28.9 Å². The Morgan fingerprint density at radius 2 is 1.82 bits per heavy atom. The quantitative estimate of drug-likeness (QED) is 0.747. The molecule has 2 aliphatic rings. The highest BCUT2D eigenvalue weighted by Gasteiger charge is 2.38. The Balaban J connectivity index is 1.73. The molecule has 0 unspecified atom stereocenters. The summed E-state index contributed by atoms with van der Waals surface area (Å²) in [6, 6.07) is 3.16. The van der Waals surface area contributed by atoms with E-state index in [4.69, 9.17) is 0 Å². The molecule has 1 aromatic heterocycles. The van der Waals surface area contributed by atoms with E-state index < -0.39 is 0 Å². The Labute approximate surface area is 133 Å². The molecular weight excluding hydrogens is 302 g/mol. The van der Waals surface area contributed by atoms with Crippen LogP contribution in [-0.4, -0.2) is 78.1 Å². The summed E-state index contributed by atoms with van der Waals surface area (Å²) in [5, 5.41) is 0. The van der Waals surface area contributed by atoms with Crippen LogP contribution in [0, 0.1) is 0 Å². The van der Waals surface area contributed by atoms with Crippen LogP contribution in [0.3, 0.4) is 0 Å². The van der Waals surface area contributed by atoms with Gasteiger partial charge in [-0.25, -0.2) is 0 Å². The first-order valence-electron chi connectivity index (χ1n) is 7.36. The summed E-state index contributed by atoms with van der Waals surface area (Å²) in [5.41, 5.74) is 0. The SMILES string of the molecule is CC(=O)c1ccc(C(=O)N2CCN3CCN(C)C(=O)[C@@H]3C2)s1. The van der Waals surface area contributed by atoms with E-state index in [1.54, 1.807) is 29.0 Å². The third-order valence-corrected chi connectivity index (χ3v) is 5.50. The van der Waals surface area contributed by atoms with Crippen molar-refractivity contribution in [2.45, 2.75) is 13.0 Å². The van der Waals surface area contributed by atoms with E-state index in [-0.39, 0.29) is 23.6 Å². The highest BCUT2D eigenvalue weighted by atomic mass is 32.1. The van der Waals surface area contributed by atoms with Crippen LogP contribution in [0.4, 0.5) is 0 Å². The highest BCUT2D eigenvalue weighted by molar-refractivity contribution is 7.15. The number of carbonyl (C=O) groups is 3. The number of amides is 2. The van der Waals surface area contributed by atoms with E-state index in [1.807, 2.05) is 0 Å². The van der Waals surface area contributed by atoms with Gasteiger partial charge in [0, 0.05) is 39.8 Å². The fourth-order valence-electron chi connectivity index (χ4n) is 2.95. The Hall–Kier alpha value is -1.73. The van der Waals surface area contributed by atoms with E-state index in [2.05, 4.69) is 4.90 Å². The summed E-state index contributed by atoms with van der Waals surface area (Å²) >= 11 is 1.22. The van der Waals surface area contributed by atoms with Crippen LogP contribution in [0.15, 0.2) is 12.1 Å². The zero-order valence-corrected chi connectivity index (χ0v) is 13.6. The van der Waals surface area contributed by atoms with E-state index in [1.165, 1.54) is 18.3 Å². The molecule has 0 radical (unpaired) electrons. The maximum atomic E-state index is 12.6. The van der Waals surface area contributed by atoms with E-state index in [0.29, 0.717) is 22.8 Å². The summed E-state index contributed by atoms with van der Waals surface area (Å²) in [6.07, 6.45) is 0. The second kappa shape index (κ2) is 5.81.